The molecule has 0 aliphatic rings. The van der Waals surface area contributed by atoms with Crippen molar-refractivity contribution in [2.75, 3.05) is 14.1 Å². The predicted octanol–water partition coefficient (Wildman–Crippen LogP) is 3.08. The van der Waals surface area contributed by atoms with Gasteiger partial charge in [0.15, 0.2) is 0 Å². The lowest BCUT2D eigenvalue weighted by atomic mass is 10.3. The van der Waals surface area contributed by atoms with Gasteiger partial charge in [0.1, 0.15) is 5.01 Å². The highest BCUT2D eigenvalue weighted by Gasteiger charge is 2.08. The maximum absolute atomic E-state index is 7.16. The summed E-state index contributed by atoms with van der Waals surface area (Å²) in [5, 5.41) is 0.782. The molecule has 0 radical (unpaired) electrons. The van der Waals surface area contributed by atoms with Crippen LogP contribution in [-0.2, 0) is 0 Å². The van der Waals surface area contributed by atoms with Gasteiger partial charge in [-0.3, -0.25) is 0 Å². The van der Waals surface area contributed by atoms with Crippen molar-refractivity contribution in [1.82, 2.24) is 9.88 Å². The van der Waals surface area contributed by atoms with E-state index in [1.54, 1.807) is 17.5 Å². The van der Waals surface area contributed by atoms with Gasteiger partial charge in [-0.1, -0.05) is 12.1 Å². The number of rotatable bonds is 2. The molecule has 0 amide bonds. The molecule has 0 fully saturated rings. The monoisotopic (exact) mass is 229 g/mol. The second-order valence-corrected chi connectivity index (χ2v) is 4.61. The third-order valence-corrected chi connectivity index (χ3v) is 3.07. The van der Waals surface area contributed by atoms with Crippen LogP contribution in [0, 0.1) is 6.57 Å². The van der Waals surface area contributed by atoms with Crippen LogP contribution in [-0.4, -0.2) is 24.0 Å². The van der Waals surface area contributed by atoms with Crippen molar-refractivity contribution in [3.63, 3.8) is 0 Å². The Balaban J connectivity index is 2.51. The average molecular weight is 229 g/mol. The van der Waals surface area contributed by atoms with E-state index >= 15 is 0 Å². The largest absolute Gasteiger partial charge is 0.393 e. The molecule has 4 heteroatoms. The molecule has 3 nitrogen and oxygen atoms in total. The molecule has 0 atom stereocenters. The van der Waals surface area contributed by atoms with Crippen molar-refractivity contribution in [2.24, 2.45) is 0 Å². The molecule has 2 rings (SSSR count). The number of nitrogens with zero attached hydrogens (tertiary/aromatic N) is 3. The topological polar surface area (TPSA) is 20.5 Å². The fraction of sp³-hybridized carbons (Fsp3) is 0.167. The summed E-state index contributed by atoms with van der Waals surface area (Å²) in [6.07, 6.45) is 1.80. The molecule has 16 heavy (non-hydrogen) atoms. The molecule has 1 aromatic carbocycles. The third-order valence-electron chi connectivity index (χ3n) is 2.01. The van der Waals surface area contributed by atoms with Crippen LogP contribution in [0.2, 0.25) is 0 Å². The standard InChI is InChI=1S/C12H11N3S/c1-13-10(8-15(2)3)12-14-9-6-4-5-7-11(9)16-12/h4-8H,2-3H3/b10-8-. The highest BCUT2D eigenvalue weighted by Crippen LogP contribution is 2.27. The molecular formula is C12H11N3S. The van der Waals surface area contributed by atoms with Crippen LogP contribution in [0.3, 0.4) is 0 Å². The second kappa shape index (κ2) is 4.33. The van der Waals surface area contributed by atoms with E-state index in [9.17, 15) is 0 Å². The Hall–Kier alpha value is -1.86. The molecule has 1 aromatic heterocycles. The number of thiazole rings is 1. The van der Waals surface area contributed by atoms with Gasteiger partial charge in [0.2, 0.25) is 5.70 Å². The Morgan fingerprint density at radius 3 is 2.81 bits per heavy atom. The van der Waals surface area contributed by atoms with Gasteiger partial charge in [-0.05, 0) is 12.1 Å². The average Bonchev–Trinajstić information content (AvgIpc) is 2.68. The first-order chi connectivity index (χ1) is 7.70. The number of fused-ring (bicyclic) bond motifs is 1. The molecule has 1 heterocycles. The van der Waals surface area contributed by atoms with Crippen molar-refractivity contribution < 1.29 is 0 Å². The minimum absolute atomic E-state index is 0.589. The van der Waals surface area contributed by atoms with Crippen molar-refractivity contribution in [3.8, 4) is 0 Å². The molecule has 2 aromatic rings. The maximum atomic E-state index is 7.16. The number of benzene rings is 1. The summed E-state index contributed by atoms with van der Waals surface area (Å²) in [6.45, 7) is 7.16. The van der Waals surface area contributed by atoms with Crippen LogP contribution in [0.15, 0.2) is 30.5 Å². The molecule has 0 aliphatic carbocycles. The minimum atomic E-state index is 0.589. The van der Waals surface area contributed by atoms with E-state index in [4.69, 9.17) is 6.57 Å². The number of hydrogen-bond acceptors (Lipinski definition) is 3. The van der Waals surface area contributed by atoms with E-state index in [1.165, 1.54) is 0 Å². The van der Waals surface area contributed by atoms with Gasteiger partial charge in [0.05, 0.1) is 16.8 Å². The quantitative estimate of drug-likeness (QED) is 0.738. The van der Waals surface area contributed by atoms with E-state index in [-0.39, 0.29) is 0 Å². The summed E-state index contributed by atoms with van der Waals surface area (Å²) >= 11 is 1.55. The van der Waals surface area contributed by atoms with E-state index in [1.807, 2.05) is 43.3 Å². The molecular weight excluding hydrogens is 218 g/mol. The Labute approximate surface area is 98.5 Å². The van der Waals surface area contributed by atoms with Crippen LogP contribution in [0.25, 0.3) is 20.8 Å². The van der Waals surface area contributed by atoms with Gasteiger partial charge in [-0.2, -0.15) is 0 Å². The van der Waals surface area contributed by atoms with E-state index in [0.717, 1.165) is 15.2 Å². The summed E-state index contributed by atoms with van der Waals surface area (Å²) in [6, 6.07) is 7.93. The molecule has 0 aliphatic heterocycles. The van der Waals surface area contributed by atoms with Crippen LogP contribution in [0.5, 0.6) is 0 Å². The molecule has 80 valence electrons. The lowest BCUT2D eigenvalue weighted by molar-refractivity contribution is 0.566. The minimum Gasteiger partial charge on any atom is -0.393 e. The summed E-state index contributed by atoms with van der Waals surface area (Å²) in [7, 11) is 3.80. The smallest absolute Gasteiger partial charge is 0.237 e. The zero-order valence-corrected chi connectivity index (χ0v) is 9.95. The summed E-state index contributed by atoms with van der Waals surface area (Å²) < 4.78 is 1.12. The molecule has 0 spiro atoms. The number of para-hydroxylation sites is 1. The van der Waals surface area contributed by atoms with E-state index in [2.05, 4.69) is 9.83 Å². The SMILES string of the molecule is [C-]#[N+]/C(=C\N(C)C)c1nc2ccccc2s1. The first-order valence-corrected chi connectivity index (χ1v) is 5.64. The first kappa shape index (κ1) is 10.7. The maximum Gasteiger partial charge on any atom is 0.237 e. The Morgan fingerprint density at radius 2 is 2.19 bits per heavy atom. The van der Waals surface area contributed by atoms with Gasteiger partial charge in [-0.15, -0.1) is 11.3 Å². The first-order valence-electron chi connectivity index (χ1n) is 4.82. The highest BCUT2D eigenvalue weighted by atomic mass is 32.1. The fourth-order valence-corrected chi connectivity index (χ4v) is 2.28. The Morgan fingerprint density at radius 1 is 1.44 bits per heavy atom. The van der Waals surface area contributed by atoms with E-state index in [0.29, 0.717) is 5.70 Å². The van der Waals surface area contributed by atoms with Gasteiger partial charge < -0.3 is 4.90 Å². The Bertz CT molecular complexity index is 542. The zero-order chi connectivity index (χ0) is 11.5. The number of hydrogen-bond donors (Lipinski definition) is 0. The summed E-state index contributed by atoms with van der Waals surface area (Å²) in [4.78, 5) is 9.82. The lowest BCUT2D eigenvalue weighted by Gasteiger charge is -2.04. The lowest BCUT2D eigenvalue weighted by Crippen LogP contribution is -2.01. The van der Waals surface area contributed by atoms with Crippen molar-refractivity contribution in [3.05, 3.63) is 46.9 Å². The second-order valence-electron chi connectivity index (χ2n) is 3.58. The normalized spacial score (nSPS) is 11.4. The van der Waals surface area contributed by atoms with Crippen molar-refractivity contribution in [1.29, 1.82) is 0 Å². The van der Waals surface area contributed by atoms with Gasteiger partial charge in [0, 0.05) is 20.3 Å². The van der Waals surface area contributed by atoms with E-state index < -0.39 is 0 Å². The van der Waals surface area contributed by atoms with Gasteiger partial charge in [0.25, 0.3) is 0 Å². The van der Waals surface area contributed by atoms with Crippen LogP contribution >= 0.6 is 11.3 Å². The molecule has 0 bridgehead atoms. The molecule has 0 unspecified atom stereocenters. The summed E-state index contributed by atoms with van der Waals surface area (Å²) in [5.41, 5.74) is 1.54. The summed E-state index contributed by atoms with van der Waals surface area (Å²) in [5.74, 6) is 0. The Kier molecular flexibility index (Phi) is 2.88. The fourth-order valence-electron chi connectivity index (χ4n) is 1.36. The van der Waals surface area contributed by atoms with Crippen molar-refractivity contribution in [2.45, 2.75) is 0 Å². The number of aromatic nitrogens is 1. The van der Waals surface area contributed by atoms with Gasteiger partial charge in [-0.25, -0.2) is 9.83 Å². The van der Waals surface area contributed by atoms with Gasteiger partial charge >= 0.3 is 0 Å². The predicted molar refractivity (Wildman–Crippen MR) is 67.9 cm³/mol. The molecule has 0 saturated heterocycles. The third kappa shape index (κ3) is 2.05. The highest BCUT2D eigenvalue weighted by molar-refractivity contribution is 7.19. The van der Waals surface area contributed by atoms with Crippen LogP contribution < -0.4 is 0 Å². The van der Waals surface area contributed by atoms with Crippen molar-refractivity contribution >= 4 is 27.3 Å². The van der Waals surface area contributed by atoms with Crippen LogP contribution in [0.4, 0.5) is 0 Å². The molecule has 0 saturated carbocycles. The molecule has 0 N–H and O–H groups in total. The van der Waals surface area contributed by atoms with Crippen LogP contribution in [0.1, 0.15) is 5.01 Å². The zero-order valence-electron chi connectivity index (χ0n) is 9.14.